The lowest BCUT2D eigenvalue weighted by Crippen LogP contribution is -2.17. The second kappa shape index (κ2) is 4.45. The van der Waals surface area contributed by atoms with Crippen LogP contribution in [-0.2, 0) is 31.6 Å². The normalized spacial score (nSPS) is 12.6. The average Bonchev–Trinajstić information content (AvgIpc) is 1.96. The SMILES string of the molecule is NS(=O)(=O)Cc1cccc(CS(N)(=O)=O)n1. The highest BCUT2D eigenvalue weighted by Crippen LogP contribution is 2.04. The quantitative estimate of drug-likeness (QED) is 0.695. The minimum absolute atomic E-state index is 0.184. The van der Waals surface area contributed by atoms with E-state index in [1.165, 1.54) is 18.2 Å². The lowest BCUT2D eigenvalue weighted by atomic mass is 10.3. The molecule has 1 heterocycles. The van der Waals surface area contributed by atoms with E-state index in [9.17, 15) is 16.8 Å². The van der Waals surface area contributed by atoms with E-state index in [1.54, 1.807) is 0 Å². The van der Waals surface area contributed by atoms with Crippen molar-refractivity contribution in [3.05, 3.63) is 29.6 Å². The molecule has 0 spiro atoms. The van der Waals surface area contributed by atoms with Crippen LogP contribution in [0, 0.1) is 0 Å². The van der Waals surface area contributed by atoms with Crippen LogP contribution in [-0.4, -0.2) is 21.8 Å². The molecule has 16 heavy (non-hydrogen) atoms. The van der Waals surface area contributed by atoms with E-state index in [2.05, 4.69) is 4.98 Å². The third kappa shape index (κ3) is 5.16. The predicted octanol–water partition coefficient (Wildman–Crippen LogP) is -1.34. The lowest BCUT2D eigenvalue weighted by molar-refractivity contribution is 0.595. The van der Waals surface area contributed by atoms with E-state index in [-0.39, 0.29) is 11.4 Å². The highest BCUT2D eigenvalue weighted by molar-refractivity contribution is 7.88. The summed E-state index contributed by atoms with van der Waals surface area (Å²) < 4.78 is 43.2. The van der Waals surface area contributed by atoms with Crippen molar-refractivity contribution in [1.29, 1.82) is 0 Å². The van der Waals surface area contributed by atoms with Gasteiger partial charge < -0.3 is 0 Å². The van der Waals surface area contributed by atoms with Crippen LogP contribution in [0.4, 0.5) is 0 Å². The Hall–Kier alpha value is -1.03. The van der Waals surface area contributed by atoms with Gasteiger partial charge in [0.15, 0.2) is 0 Å². The second-order valence-electron chi connectivity index (χ2n) is 3.23. The molecule has 0 saturated heterocycles. The van der Waals surface area contributed by atoms with Gasteiger partial charge in [-0.2, -0.15) is 0 Å². The molecule has 0 aliphatic carbocycles. The number of aromatic nitrogens is 1. The molecule has 0 amide bonds. The number of primary sulfonamides is 2. The maximum atomic E-state index is 10.8. The van der Waals surface area contributed by atoms with Crippen molar-refractivity contribution in [2.75, 3.05) is 0 Å². The Labute approximate surface area is 93.6 Å². The van der Waals surface area contributed by atoms with Crippen LogP contribution in [0.2, 0.25) is 0 Å². The number of rotatable bonds is 4. The van der Waals surface area contributed by atoms with Crippen LogP contribution >= 0.6 is 0 Å². The van der Waals surface area contributed by atoms with E-state index in [1.807, 2.05) is 0 Å². The zero-order valence-corrected chi connectivity index (χ0v) is 9.83. The number of hydrogen-bond acceptors (Lipinski definition) is 5. The second-order valence-corrected chi connectivity index (χ2v) is 6.46. The maximum Gasteiger partial charge on any atom is 0.214 e. The zero-order valence-electron chi connectivity index (χ0n) is 8.20. The topological polar surface area (TPSA) is 133 Å². The van der Waals surface area contributed by atoms with Crippen molar-refractivity contribution < 1.29 is 16.8 Å². The predicted molar refractivity (Wildman–Crippen MR) is 57.9 cm³/mol. The molecular formula is C7H11N3O4S2. The first-order chi connectivity index (χ1) is 7.16. The van der Waals surface area contributed by atoms with Crippen molar-refractivity contribution in [3.8, 4) is 0 Å². The molecule has 0 bridgehead atoms. The standard InChI is InChI=1S/C7H11N3O4S2/c8-15(11,12)4-6-2-1-3-7(10-6)5-16(9,13)14/h1-3H,4-5H2,(H2,8,11,12)(H2,9,13,14). The molecule has 0 aliphatic rings. The Kier molecular flexibility index (Phi) is 3.63. The fourth-order valence-electron chi connectivity index (χ4n) is 1.10. The van der Waals surface area contributed by atoms with Gasteiger partial charge >= 0.3 is 0 Å². The summed E-state index contributed by atoms with van der Waals surface area (Å²) in [4.78, 5) is 3.83. The molecule has 90 valence electrons. The van der Waals surface area contributed by atoms with E-state index in [4.69, 9.17) is 10.3 Å². The Bertz CT molecular complexity index is 530. The van der Waals surface area contributed by atoms with Crippen LogP contribution in [0.3, 0.4) is 0 Å². The summed E-state index contributed by atoms with van der Waals surface area (Å²) in [6.45, 7) is 0. The highest BCUT2D eigenvalue weighted by atomic mass is 32.2. The summed E-state index contributed by atoms with van der Waals surface area (Å²) >= 11 is 0. The van der Waals surface area contributed by atoms with E-state index >= 15 is 0 Å². The van der Waals surface area contributed by atoms with Crippen molar-refractivity contribution >= 4 is 20.0 Å². The van der Waals surface area contributed by atoms with Gasteiger partial charge in [0.05, 0.1) is 11.4 Å². The van der Waals surface area contributed by atoms with Gasteiger partial charge in [0.1, 0.15) is 11.5 Å². The first-order valence-corrected chi connectivity index (χ1v) is 7.54. The van der Waals surface area contributed by atoms with Crippen molar-refractivity contribution in [2.45, 2.75) is 11.5 Å². The summed E-state index contributed by atoms with van der Waals surface area (Å²) in [7, 11) is -7.36. The van der Waals surface area contributed by atoms with Crippen molar-refractivity contribution in [2.24, 2.45) is 10.3 Å². The van der Waals surface area contributed by atoms with Gasteiger partial charge in [-0.05, 0) is 12.1 Å². The van der Waals surface area contributed by atoms with Gasteiger partial charge in [0.2, 0.25) is 20.0 Å². The molecule has 7 nitrogen and oxygen atoms in total. The zero-order chi connectivity index (χ0) is 12.4. The minimum Gasteiger partial charge on any atom is -0.256 e. The summed E-state index contributed by atoms with van der Waals surface area (Å²) in [5.74, 6) is -0.878. The third-order valence-electron chi connectivity index (χ3n) is 1.56. The summed E-state index contributed by atoms with van der Waals surface area (Å²) in [5, 5.41) is 9.67. The van der Waals surface area contributed by atoms with Crippen molar-refractivity contribution in [1.82, 2.24) is 4.98 Å². The van der Waals surface area contributed by atoms with Crippen LogP contribution in [0.15, 0.2) is 18.2 Å². The minimum atomic E-state index is -3.68. The number of pyridine rings is 1. The molecule has 1 aromatic rings. The van der Waals surface area contributed by atoms with Gasteiger partial charge in [0, 0.05) is 0 Å². The van der Waals surface area contributed by atoms with Crippen LogP contribution in [0.1, 0.15) is 11.4 Å². The first kappa shape index (κ1) is 13.0. The summed E-state index contributed by atoms with van der Waals surface area (Å²) in [6.07, 6.45) is 0. The van der Waals surface area contributed by atoms with E-state index in [0.717, 1.165) is 0 Å². The molecule has 0 fully saturated rings. The molecule has 0 aliphatic heterocycles. The molecule has 0 atom stereocenters. The Morgan fingerprint density at radius 3 is 1.62 bits per heavy atom. The molecular weight excluding hydrogens is 254 g/mol. The molecule has 0 saturated carbocycles. The fourth-order valence-corrected chi connectivity index (χ4v) is 2.25. The molecule has 0 unspecified atom stereocenters. The monoisotopic (exact) mass is 265 g/mol. The number of hydrogen-bond donors (Lipinski definition) is 2. The Balaban J connectivity index is 2.96. The molecule has 0 radical (unpaired) electrons. The van der Waals surface area contributed by atoms with E-state index < -0.39 is 31.6 Å². The third-order valence-corrected chi connectivity index (χ3v) is 2.96. The van der Waals surface area contributed by atoms with Gasteiger partial charge in [-0.3, -0.25) is 4.98 Å². The number of nitrogens with two attached hydrogens (primary N) is 2. The summed E-state index contributed by atoms with van der Waals surface area (Å²) in [5.41, 5.74) is 0.368. The van der Waals surface area contributed by atoms with Gasteiger partial charge in [-0.15, -0.1) is 0 Å². The van der Waals surface area contributed by atoms with Crippen molar-refractivity contribution in [3.63, 3.8) is 0 Å². The average molecular weight is 265 g/mol. The first-order valence-electron chi connectivity index (χ1n) is 4.11. The largest absolute Gasteiger partial charge is 0.256 e. The molecule has 9 heteroatoms. The van der Waals surface area contributed by atoms with Crippen LogP contribution < -0.4 is 10.3 Å². The summed E-state index contributed by atoms with van der Waals surface area (Å²) in [6, 6.07) is 4.38. The number of sulfonamides is 2. The molecule has 1 aromatic heterocycles. The van der Waals surface area contributed by atoms with Gasteiger partial charge in [-0.25, -0.2) is 27.1 Å². The fraction of sp³-hybridized carbons (Fsp3) is 0.286. The Morgan fingerprint density at radius 2 is 1.31 bits per heavy atom. The van der Waals surface area contributed by atoms with Crippen LogP contribution in [0.25, 0.3) is 0 Å². The van der Waals surface area contributed by atoms with Crippen LogP contribution in [0.5, 0.6) is 0 Å². The van der Waals surface area contributed by atoms with Gasteiger partial charge in [-0.1, -0.05) is 6.07 Å². The molecule has 4 N–H and O–H groups in total. The Morgan fingerprint density at radius 1 is 0.938 bits per heavy atom. The van der Waals surface area contributed by atoms with Gasteiger partial charge in [0.25, 0.3) is 0 Å². The molecule has 0 aromatic carbocycles. The van der Waals surface area contributed by atoms with E-state index in [0.29, 0.717) is 0 Å². The lowest BCUT2D eigenvalue weighted by Gasteiger charge is -2.02. The molecule has 1 rings (SSSR count). The maximum absolute atomic E-state index is 10.8. The smallest absolute Gasteiger partial charge is 0.214 e. The number of nitrogens with zero attached hydrogens (tertiary/aromatic N) is 1. The highest BCUT2D eigenvalue weighted by Gasteiger charge is 2.10.